The molecule has 0 spiro atoms. The van der Waals surface area contributed by atoms with Crippen molar-refractivity contribution in [2.24, 2.45) is 11.8 Å². The minimum Gasteiger partial charge on any atom is -0.381 e. The summed E-state index contributed by atoms with van der Waals surface area (Å²) in [5, 5.41) is 0. The van der Waals surface area contributed by atoms with Crippen LogP contribution in [0.5, 0.6) is 0 Å². The second-order valence-electron chi connectivity index (χ2n) is 8.99. The van der Waals surface area contributed by atoms with Crippen LogP contribution in [0.25, 0.3) is 0 Å². The third kappa shape index (κ3) is 7.35. The standard InChI is InChI=1S/C24H35F3N2O2.ClH/c1-3-28(18(2)15-20-5-4-6-22(16-20)24(25,26)27)17-19-7-11-29(12-8-19)23(30)21-9-13-31-14-10-21;/h4-6,16,18-19,21H,3,7-15,17H2,1-2H3;1H. The Balaban J connectivity index is 0.00000363. The third-order valence-electron chi connectivity index (χ3n) is 6.80. The van der Waals surface area contributed by atoms with Crippen molar-refractivity contribution in [3.63, 3.8) is 0 Å². The Morgan fingerprint density at radius 2 is 1.84 bits per heavy atom. The number of halogens is 4. The molecule has 182 valence electrons. The Bertz CT molecular complexity index is 717. The lowest BCUT2D eigenvalue weighted by Gasteiger charge is -2.38. The number of alkyl halides is 3. The number of carbonyl (C=O) groups is 1. The summed E-state index contributed by atoms with van der Waals surface area (Å²) in [5.74, 6) is 0.916. The van der Waals surface area contributed by atoms with E-state index in [0.717, 1.165) is 63.5 Å². The third-order valence-corrected chi connectivity index (χ3v) is 6.80. The fraction of sp³-hybridized carbons (Fsp3) is 0.708. The van der Waals surface area contributed by atoms with E-state index >= 15 is 0 Å². The van der Waals surface area contributed by atoms with Crippen molar-refractivity contribution in [2.75, 3.05) is 39.4 Å². The van der Waals surface area contributed by atoms with Crippen LogP contribution in [0.2, 0.25) is 0 Å². The number of piperidine rings is 1. The van der Waals surface area contributed by atoms with E-state index in [1.165, 1.54) is 12.1 Å². The van der Waals surface area contributed by atoms with Crippen LogP contribution in [0.3, 0.4) is 0 Å². The molecule has 32 heavy (non-hydrogen) atoms. The van der Waals surface area contributed by atoms with Crippen LogP contribution in [0.15, 0.2) is 24.3 Å². The lowest BCUT2D eigenvalue weighted by molar-refractivity contribution is -0.140. The molecule has 1 aromatic carbocycles. The van der Waals surface area contributed by atoms with Crippen LogP contribution < -0.4 is 0 Å². The molecular weight excluding hydrogens is 441 g/mol. The van der Waals surface area contributed by atoms with Gasteiger partial charge in [-0.3, -0.25) is 4.79 Å². The van der Waals surface area contributed by atoms with Gasteiger partial charge in [-0.05, 0) is 63.1 Å². The van der Waals surface area contributed by atoms with Gasteiger partial charge in [-0.2, -0.15) is 13.2 Å². The zero-order chi connectivity index (χ0) is 22.4. The van der Waals surface area contributed by atoms with Crippen molar-refractivity contribution < 1.29 is 22.7 Å². The molecule has 0 radical (unpaired) electrons. The number of nitrogens with zero attached hydrogens (tertiary/aromatic N) is 2. The predicted molar refractivity (Wildman–Crippen MR) is 122 cm³/mol. The number of hydrogen-bond donors (Lipinski definition) is 0. The summed E-state index contributed by atoms with van der Waals surface area (Å²) in [4.78, 5) is 17.1. The average molecular weight is 477 g/mol. The molecule has 2 heterocycles. The summed E-state index contributed by atoms with van der Waals surface area (Å²) >= 11 is 0. The van der Waals surface area contributed by atoms with Gasteiger partial charge in [0.1, 0.15) is 0 Å². The van der Waals surface area contributed by atoms with Crippen LogP contribution in [-0.4, -0.2) is 61.1 Å². The zero-order valence-electron chi connectivity index (χ0n) is 19.1. The number of likely N-dealkylation sites (N-methyl/N-ethyl adjacent to an activating group) is 1. The van der Waals surface area contributed by atoms with E-state index < -0.39 is 11.7 Å². The van der Waals surface area contributed by atoms with Crippen molar-refractivity contribution in [3.05, 3.63) is 35.4 Å². The lowest BCUT2D eigenvalue weighted by atomic mass is 9.92. The monoisotopic (exact) mass is 476 g/mol. The smallest absolute Gasteiger partial charge is 0.381 e. The number of rotatable bonds is 7. The number of likely N-dealkylation sites (tertiary alicyclic amines) is 1. The molecular formula is C24H36ClF3N2O2. The van der Waals surface area contributed by atoms with Gasteiger partial charge in [0.15, 0.2) is 0 Å². The average Bonchev–Trinajstić information content (AvgIpc) is 2.77. The molecule has 2 saturated heterocycles. The minimum atomic E-state index is -4.31. The first kappa shape index (κ1) is 26.9. The second kappa shape index (κ2) is 12.2. The van der Waals surface area contributed by atoms with E-state index in [0.29, 0.717) is 25.6 Å². The molecule has 0 saturated carbocycles. The number of hydrogen-bond acceptors (Lipinski definition) is 3. The molecule has 1 amide bonds. The van der Waals surface area contributed by atoms with Crippen LogP contribution in [0, 0.1) is 11.8 Å². The van der Waals surface area contributed by atoms with Gasteiger partial charge in [0.25, 0.3) is 0 Å². The lowest BCUT2D eigenvalue weighted by Crippen LogP contribution is -2.46. The molecule has 1 atom stereocenters. The highest BCUT2D eigenvalue weighted by atomic mass is 35.5. The Morgan fingerprint density at radius 3 is 2.44 bits per heavy atom. The second-order valence-corrected chi connectivity index (χ2v) is 8.99. The minimum absolute atomic E-state index is 0. The van der Waals surface area contributed by atoms with E-state index in [2.05, 4.69) is 18.7 Å². The fourth-order valence-electron chi connectivity index (χ4n) is 4.84. The normalized spacial score (nSPS) is 19.6. The summed E-state index contributed by atoms with van der Waals surface area (Å²) in [6.07, 6.45) is -0.0765. The molecule has 2 fully saturated rings. The highest BCUT2D eigenvalue weighted by molar-refractivity contribution is 5.85. The largest absolute Gasteiger partial charge is 0.416 e. The van der Waals surface area contributed by atoms with Gasteiger partial charge < -0.3 is 14.5 Å². The predicted octanol–water partition coefficient (Wildman–Crippen LogP) is 5.05. The van der Waals surface area contributed by atoms with E-state index in [1.807, 2.05) is 4.90 Å². The Kier molecular flexibility index (Phi) is 10.3. The maximum absolute atomic E-state index is 13.0. The quantitative estimate of drug-likeness (QED) is 0.552. The summed E-state index contributed by atoms with van der Waals surface area (Å²) in [7, 11) is 0. The summed E-state index contributed by atoms with van der Waals surface area (Å²) in [5.41, 5.74) is 0.138. The molecule has 0 N–H and O–H groups in total. The van der Waals surface area contributed by atoms with Gasteiger partial charge in [0.05, 0.1) is 5.56 Å². The van der Waals surface area contributed by atoms with Crippen molar-refractivity contribution >= 4 is 18.3 Å². The van der Waals surface area contributed by atoms with Gasteiger partial charge in [0.2, 0.25) is 5.91 Å². The fourth-order valence-corrected chi connectivity index (χ4v) is 4.84. The van der Waals surface area contributed by atoms with Crippen molar-refractivity contribution in [3.8, 4) is 0 Å². The first-order valence-corrected chi connectivity index (χ1v) is 11.5. The summed E-state index contributed by atoms with van der Waals surface area (Å²) < 4.78 is 44.4. The molecule has 2 aliphatic rings. The van der Waals surface area contributed by atoms with Gasteiger partial charge in [-0.25, -0.2) is 0 Å². The highest BCUT2D eigenvalue weighted by Gasteiger charge is 2.32. The number of carbonyl (C=O) groups excluding carboxylic acids is 1. The zero-order valence-corrected chi connectivity index (χ0v) is 19.9. The molecule has 1 unspecified atom stereocenters. The van der Waals surface area contributed by atoms with E-state index in [9.17, 15) is 18.0 Å². The first-order chi connectivity index (χ1) is 14.8. The highest BCUT2D eigenvalue weighted by Crippen LogP contribution is 2.30. The SMILES string of the molecule is CCN(CC1CCN(C(=O)C2CCOCC2)CC1)C(C)Cc1cccc(C(F)(F)F)c1.Cl. The van der Waals surface area contributed by atoms with Gasteiger partial charge in [-0.1, -0.05) is 25.1 Å². The van der Waals surface area contributed by atoms with E-state index in [-0.39, 0.29) is 30.3 Å². The molecule has 0 aromatic heterocycles. The van der Waals surface area contributed by atoms with Crippen LogP contribution in [0.1, 0.15) is 50.7 Å². The van der Waals surface area contributed by atoms with E-state index in [4.69, 9.17) is 4.74 Å². The maximum Gasteiger partial charge on any atom is 0.416 e. The molecule has 2 aliphatic heterocycles. The van der Waals surface area contributed by atoms with Crippen molar-refractivity contribution in [1.29, 1.82) is 0 Å². The molecule has 3 rings (SSSR count). The Morgan fingerprint density at radius 1 is 1.19 bits per heavy atom. The van der Waals surface area contributed by atoms with Crippen molar-refractivity contribution in [1.82, 2.24) is 9.80 Å². The van der Waals surface area contributed by atoms with Gasteiger partial charge >= 0.3 is 6.18 Å². The Hall–Kier alpha value is -1.31. The summed E-state index contributed by atoms with van der Waals surface area (Å²) in [6, 6.07) is 5.83. The number of benzene rings is 1. The van der Waals surface area contributed by atoms with Crippen LogP contribution in [-0.2, 0) is 22.1 Å². The number of ether oxygens (including phenoxy) is 1. The topological polar surface area (TPSA) is 32.8 Å². The first-order valence-electron chi connectivity index (χ1n) is 11.5. The van der Waals surface area contributed by atoms with Crippen molar-refractivity contribution in [2.45, 2.75) is 58.2 Å². The summed E-state index contributed by atoms with van der Waals surface area (Å²) in [6.45, 7) is 8.96. The van der Waals surface area contributed by atoms with Crippen LogP contribution in [0.4, 0.5) is 13.2 Å². The van der Waals surface area contributed by atoms with Gasteiger partial charge in [-0.15, -0.1) is 12.4 Å². The number of amides is 1. The molecule has 8 heteroatoms. The van der Waals surface area contributed by atoms with E-state index in [1.54, 1.807) is 6.07 Å². The maximum atomic E-state index is 13.0. The molecule has 1 aromatic rings. The molecule has 0 aliphatic carbocycles. The van der Waals surface area contributed by atoms with Gasteiger partial charge in [0, 0.05) is 44.8 Å². The molecule has 0 bridgehead atoms. The van der Waals surface area contributed by atoms with Crippen LogP contribution >= 0.6 is 12.4 Å². The Labute approximate surface area is 195 Å². The molecule has 4 nitrogen and oxygen atoms in total.